The first-order valence-corrected chi connectivity index (χ1v) is 39.2. The highest BCUT2D eigenvalue weighted by atomic mass is 31.2. The van der Waals surface area contributed by atoms with E-state index in [0.29, 0.717) is 25.7 Å². The largest absolute Gasteiger partial charge is 0.462 e. The Balaban J connectivity index is 1.37. The van der Waals surface area contributed by atoms with E-state index in [4.69, 9.17) is 46.9 Å². The van der Waals surface area contributed by atoms with Crippen molar-refractivity contribution in [3.8, 4) is 0 Å². The molecular weight excluding hydrogens is 1310 g/mol. The summed E-state index contributed by atoms with van der Waals surface area (Å²) < 4.78 is 70.6. The predicted molar refractivity (Wildman–Crippen MR) is 369 cm³/mol. The minimum Gasteiger partial charge on any atom is -0.462 e. The number of esters is 2. The van der Waals surface area contributed by atoms with E-state index in [1.807, 2.05) is 0 Å². The van der Waals surface area contributed by atoms with Crippen LogP contribution >= 0.6 is 7.60 Å². The van der Waals surface area contributed by atoms with Crippen molar-refractivity contribution < 1.29 is 116 Å². The van der Waals surface area contributed by atoms with Gasteiger partial charge < -0.3 is 104 Å². The SMILES string of the molecule is CCCCCCCC/C=C\CCCCCCCC(=O)OC[C@@H](COP(C)(=O)OCCNC(=O)CCCCC(=O)NCCCO[C@@H]1O[C@@H](CO)[C@@H](O[C@@H]2OC(CO)[C@H](O)[C@H](O)C2O[C@@H]2OC(C)[C@@H](O)[C@H](O)C2O)C(O)C1NC(C)=O)OC(=O)CCCCCCC/C=C/CCCCCCCC. The number of aliphatic hydroxyl groups excluding tert-OH is 8. The van der Waals surface area contributed by atoms with Gasteiger partial charge in [0.1, 0.15) is 73.7 Å². The lowest BCUT2D eigenvalue weighted by Crippen LogP contribution is -2.68. The quantitative estimate of drug-likeness (QED) is 0.0124. The lowest BCUT2D eigenvalue weighted by atomic mass is 9.95. The van der Waals surface area contributed by atoms with Gasteiger partial charge in [-0.2, -0.15) is 0 Å². The number of hydrogen-bond donors (Lipinski definition) is 11. The van der Waals surface area contributed by atoms with Crippen molar-refractivity contribution in [1.82, 2.24) is 16.0 Å². The number of amides is 3. The standard InChI is InChI=1S/C71H128N3O24P/c1-6-8-10-12-14-16-18-20-22-24-26-28-30-32-34-41-58(80)90-49-53(94-59(81)42-35-33-31-29-27-25-23-21-19-17-15-13-11-9-7-2)50-92-99(5,88)91-46-44-73-57(79)40-37-36-39-56(78)72-43-38-45-89-69-60(74-52(4)77)63(84)67(55(48-76)96-69)97-71-68(65(86)62(83)54(47-75)95-71)98-70-66(87)64(85)61(82)51(3)93-70/h20-23,51,53-55,60-71,75-76,82-87H,6-19,24-50H2,1-5H3,(H,72,78)(H,73,79)(H,74,77)/b22-20-,23-21+/t51?,53-,54?,55-,60?,61+,62-,63?,64-,65-,66?,67+,68?,69+,70-,71-,99?/m0/s1. The zero-order valence-electron chi connectivity index (χ0n) is 60.1. The molecule has 3 aliphatic rings. The number of allylic oxidation sites excluding steroid dienone is 4. The average molecular weight is 1440 g/mol. The summed E-state index contributed by atoms with van der Waals surface area (Å²) in [4.78, 5) is 63.6. The summed E-state index contributed by atoms with van der Waals surface area (Å²) in [7, 11) is -3.73. The maximum absolute atomic E-state index is 13.4. The molecule has 0 aromatic rings. The number of carbonyl (C=O) groups is 5. The average Bonchev–Trinajstić information content (AvgIpc) is 1.83. The summed E-state index contributed by atoms with van der Waals surface area (Å²) in [5.41, 5.74) is 0. The first kappa shape index (κ1) is 89.6. The molecule has 3 rings (SSSR count). The predicted octanol–water partition coefficient (Wildman–Crippen LogP) is 7.19. The van der Waals surface area contributed by atoms with E-state index >= 15 is 0 Å². The fraction of sp³-hybridized carbons (Fsp3) is 0.873. The van der Waals surface area contributed by atoms with Crippen molar-refractivity contribution in [3.05, 3.63) is 24.3 Å². The Labute approximate surface area is 588 Å². The second-order valence-corrected chi connectivity index (χ2v) is 28.6. The van der Waals surface area contributed by atoms with Crippen LogP contribution in [0.5, 0.6) is 0 Å². The van der Waals surface area contributed by atoms with Gasteiger partial charge in [-0.1, -0.05) is 141 Å². The topological polar surface area (TPSA) is 393 Å². The van der Waals surface area contributed by atoms with Gasteiger partial charge in [0.05, 0.1) is 39.1 Å². The number of aliphatic hydroxyl groups is 8. The normalized spacial score (nSPS) is 26.7. The molecule has 3 fully saturated rings. The molecule has 3 aliphatic heterocycles. The Hall–Kier alpha value is -3.58. The van der Waals surface area contributed by atoms with Gasteiger partial charge in [0.25, 0.3) is 0 Å². The highest BCUT2D eigenvalue weighted by molar-refractivity contribution is 7.52. The van der Waals surface area contributed by atoms with Crippen molar-refractivity contribution in [3.63, 3.8) is 0 Å². The lowest BCUT2D eigenvalue weighted by molar-refractivity contribution is -0.382. The Bertz CT molecular complexity index is 2270. The van der Waals surface area contributed by atoms with Gasteiger partial charge in [0.15, 0.2) is 25.0 Å². The van der Waals surface area contributed by atoms with Crippen LogP contribution in [0.2, 0.25) is 0 Å². The van der Waals surface area contributed by atoms with E-state index < -0.39 is 137 Å². The first-order chi connectivity index (χ1) is 47.7. The summed E-state index contributed by atoms with van der Waals surface area (Å²) in [6, 6.07) is -1.34. The molecule has 0 aliphatic carbocycles. The zero-order valence-corrected chi connectivity index (χ0v) is 61.0. The van der Waals surface area contributed by atoms with Crippen LogP contribution < -0.4 is 16.0 Å². The van der Waals surface area contributed by atoms with E-state index in [-0.39, 0.29) is 83.4 Å². The highest BCUT2D eigenvalue weighted by Gasteiger charge is 2.54. The summed E-state index contributed by atoms with van der Waals surface area (Å²) in [6.45, 7) is 5.99. The van der Waals surface area contributed by atoms with E-state index in [1.165, 1.54) is 97.6 Å². The highest BCUT2D eigenvalue weighted by Crippen LogP contribution is 2.44. The molecule has 3 amide bonds. The van der Waals surface area contributed by atoms with Crippen molar-refractivity contribution in [2.24, 2.45) is 0 Å². The van der Waals surface area contributed by atoms with Crippen LogP contribution in [0.1, 0.15) is 240 Å². The molecule has 0 radical (unpaired) electrons. The third-order valence-electron chi connectivity index (χ3n) is 17.7. The van der Waals surface area contributed by atoms with E-state index in [0.717, 1.165) is 77.0 Å². The van der Waals surface area contributed by atoms with Gasteiger partial charge >= 0.3 is 19.5 Å². The molecule has 3 heterocycles. The molecule has 28 heteroatoms. The molecule has 11 N–H and O–H groups in total. The number of unbranched alkanes of at least 4 members (excludes halogenated alkanes) is 23. The van der Waals surface area contributed by atoms with Gasteiger partial charge in [-0.05, 0) is 90.4 Å². The Kier molecular flexibility index (Phi) is 49.0. The van der Waals surface area contributed by atoms with Crippen LogP contribution in [0.4, 0.5) is 0 Å². The van der Waals surface area contributed by atoms with Gasteiger partial charge in [0, 0.05) is 52.4 Å². The van der Waals surface area contributed by atoms with Crippen LogP contribution in [0.25, 0.3) is 0 Å². The van der Waals surface area contributed by atoms with E-state index in [1.54, 1.807) is 0 Å². The molecule has 0 bridgehead atoms. The van der Waals surface area contributed by atoms with E-state index in [2.05, 4.69) is 54.1 Å². The number of ether oxygens (including phenoxy) is 8. The van der Waals surface area contributed by atoms with Crippen molar-refractivity contribution >= 4 is 37.3 Å². The lowest BCUT2D eigenvalue weighted by Gasteiger charge is -2.49. The minimum absolute atomic E-state index is 0.00721. The first-order valence-electron chi connectivity index (χ1n) is 37.2. The summed E-state index contributed by atoms with van der Waals surface area (Å²) in [5.74, 6) is -2.12. The molecule has 0 aromatic heterocycles. The Morgan fingerprint density at radius 3 is 1.51 bits per heavy atom. The monoisotopic (exact) mass is 1440 g/mol. The molecule has 0 spiro atoms. The number of rotatable bonds is 57. The maximum Gasteiger partial charge on any atom is 0.327 e. The van der Waals surface area contributed by atoms with Crippen LogP contribution in [-0.2, 0) is 75.5 Å². The second kappa shape index (κ2) is 54.1. The molecule has 17 atom stereocenters. The molecule has 3 saturated heterocycles. The third kappa shape index (κ3) is 38.7. The Morgan fingerprint density at radius 2 is 0.970 bits per heavy atom. The number of nitrogens with one attached hydrogen (secondary N) is 3. The van der Waals surface area contributed by atoms with Crippen molar-refractivity contribution in [1.29, 1.82) is 0 Å². The molecular formula is C71H128N3O24P. The van der Waals surface area contributed by atoms with Crippen LogP contribution in [0.15, 0.2) is 24.3 Å². The van der Waals surface area contributed by atoms with Gasteiger partial charge in [0.2, 0.25) is 17.7 Å². The molecule has 27 nitrogen and oxygen atoms in total. The van der Waals surface area contributed by atoms with Crippen LogP contribution in [0, 0.1) is 0 Å². The van der Waals surface area contributed by atoms with Gasteiger partial charge in [-0.3, -0.25) is 28.5 Å². The maximum atomic E-state index is 13.4. The smallest absolute Gasteiger partial charge is 0.327 e. The number of carbonyl (C=O) groups excluding carboxylic acids is 5. The molecule has 99 heavy (non-hydrogen) atoms. The fourth-order valence-electron chi connectivity index (χ4n) is 11.7. The molecule has 0 saturated carbocycles. The van der Waals surface area contributed by atoms with Crippen molar-refractivity contribution in [2.75, 3.05) is 59.4 Å². The van der Waals surface area contributed by atoms with Crippen LogP contribution in [-0.4, -0.2) is 228 Å². The van der Waals surface area contributed by atoms with Crippen LogP contribution in [0.3, 0.4) is 0 Å². The molecule has 576 valence electrons. The van der Waals surface area contributed by atoms with Gasteiger partial charge in [-0.25, -0.2) is 0 Å². The summed E-state index contributed by atoms with van der Waals surface area (Å²) in [5, 5.41) is 92.9. The van der Waals surface area contributed by atoms with Crippen molar-refractivity contribution in [2.45, 2.75) is 338 Å². The zero-order chi connectivity index (χ0) is 72.6. The second-order valence-electron chi connectivity index (χ2n) is 26.5. The number of hydrogen-bond acceptors (Lipinski definition) is 24. The minimum atomic E-state index is -3.73. The van der Waals surface area contributed by atoms with Gasteiger partial charge in [-0.15, -0.1) is 0 Å². The summed E-state index contributed by atoms with van der Waals surface area (Å²) in [6.07, 6.45) is 16.6. The molecule has 7 unspecified atom stereocenters. The summed E-state index contributed by atoms with van der Waals surface area (Å²) >= 11 is 0. The fourth-order valence-corrected chi connectivity index (χ4v) is 12.7. The Morgan fingerprint density at radius 1 is 0.485 bits per heavy atom. The molecule has 0 aromatic carbocycles. The van der Waals surface area contributed by atoms with E-state index in [9.17, 15) is 69.4 Å². The third-order valence-corrected chi connectivity index (χ3v) is 18.9.